The molecule has 2 aliphatic rings. The van der Waals surface area contributed by atoms with E-state index in [1.165, 1.54) is 5.56 Å². The van der Waals surface area contributed by atoms with Gasteiger partial charge in [0.1, 0.15) is 5.60 Å². The van der Waals surface area contributed by atoms with Gasteiger partial charge in [-0.05, 0) is 18.9 Å². The Kier molecular flexibility index (Phi) is 5.34. The van der Waals surface area contributed by atoms with Gasteiger partial charge in [-0.2, -0.15) is 0 Å². The Bertz CT molecular complexity index is 490. The highest BCUT2D eigenvalue weighted by Gasteiger charge is 2.40. The smallest absolute Gasteiger partial charge is 0.117 e. The molecule has 0 bridgehead atoms. The Morgan fingerprint density at radius 3 is 2.87 bits per heavy atom. The maximum absolute atomic E-state index is 10.3. The Morgan fingerprint density at radius 1 is 1.39 bits per heavy atom. The fraction of sp³-hybridized carbons (Fsp3) is 0.667. The fourth-order valence-electron chi connectivity index (χ4n) is 3.59. The number of likely N-dealkylation sites (tertiary alicyclic amines) is 1. The van der Waals surface area contributed by atoms with Gasteiger partial charge in [-0.15, -0.1) is 0 Å². The van der Waals surface area contributed by atoms with Gasteiger partial charge >= 0.3 is 0 Å². The van der Waals surface area contributed by atoms with Crippen LogP contribution in [0.25, 0.3) is 0 Å². The predicted molar refractivity (Wildman–Crippen MR) is 89.1 cm³/mol. The van der Waals surface area contributed by atoms with E-state index in [4.69, 9.17) is 4.74 Å². The Labute approximate surface area is 138 Å². The number of benzene rings is 1. The first-order valence-corrected chi connectivity index (χ1v) is 8.56. The SMILES string of the molecule is CC1CC(NCC(O)C2(O)CCOC2)CN1Cc1ccccc1. The molecule has 1 aromatic rings. The molecule has 0 radical (unpaired) electrons. The van der Waals surface area contributed by atoms with Gasteiger partial charge < -0.3 is 20.3 Å². The molecule has 2 heterocycles. The lowest BCUT2D eigenvalue weighted by molar-refractivity contribution is -0.0754. The van der Waals surface area contributed by atoms with Crippen LogP contribution in [0, 0.1) is 0 Å². The summed E-state index contributed by atoms with van der Waals surface area (Å²) >= 11 is 0. The number of aliphatic hydroxyl groups is 2. The van der Waals surface area contributed by atoms with Crippen molar-refractivity contribution in [3.05, 3.63) is 35.9 Å². The molecular formula is C18H28N2O3. The molecule has 1 aromatic carbocycles. The second kappa shape index (κ2) is 7.28. The monoisotopic (exact) mass is 320 g/mol. The average Bonchev–Trinajstić information content (AvgIpc) is 3.14. The molecule has 23 heavy (non-hydrogen) atoms. The predicted octanol–water partition coefficient (Wildman–Crippen LogP) is 0.751. The van der Waals surface area contributed by atoms with Gasteiger partial charge in [-0.3, -0.25) is 4.90 Å². The topological polar surface area (TPSA) is 65.0 Å². The Balaban J connectivity index is 1.47. The molecule has 2 saturated heterocycles. The van der Waals surface area contributed by atoms with Crippen LogP contribution < -0.4 is 5.32 Å². The molecule has 0 spiro atoms. The molecule has 0 saturated carbocycles. The van der Waals surface area contributed by atoms with Crippen molar-refractivity contribution >= 4 is 0 Å². The molecule has 5 heteroatoms. The quantitative estimate of drug-likeness (QED) is 0.722. The van der Waals surface area contributed by atoms with E-state index in [9.17, 15) is 10.2 Å². The average molecular weight is 320 g/mol. The largest absolute Gasteiger partial charge is 0.389 e. The van der Waals surface area contributed by atoms with E-state index in [0.717, 1.165) is 19.5 Å². The molecule has 0 aliphatic carbocycles. The minimum atomic E-state index is -1.08. The lowest BCUT2D eigenvalue weighted by atomic mass is 9.95. The van der Waals surface area contributed by atoms with Crippen LogP contribution in [-0.2, 0) is 11.3 Å². The van der Waals surface area contributed by atoms with Crippen LogP contribution >= 0.6 is 0 Å². The summed E-state index contributed by atoms with van der Waals surface area (Å²) in [6.45, 7) is 5.35. The van der Waals surface area contributed by atoms with Crippen LogP contribution in [0.2, 0.25) is 0 Å². The summed E-state index contributed by atoms with van der Waals surface area (Å²) in [6.07, 6.45) is 0.800. The van der Waals surface area contributed by atoms with Crippen LogP contribution in [0.1, 0.15) is 25.3 Å². The van der Waals surface area contributed by atoms with Crippen molar-refractivity contribution in [2.24, 2.45) is 0 Å². The third-order valence-corrected chi connectivity index (χ3v) is 5.18. The van der Waals surface area contributed by atoms with Gasteiger partial charge in [0.05, 0.1) is 12.7 Å². The normalized spacial score (nSPS) is 33.2. The van der Waals surface area contributed by atoms with E-state index in [0.29, 0.717) is 31.7 Å². The molecule has 2 fully saturated rings. The fourth-order valence-corrected chi connectivity index (χ4v) is 3.59. The summed E-state index contributed by atoms with van der Waals surface area (Å²) in [5, 5.41) is 24.0. The molecule has 128 valence electrons. The number of nitrogens with zero attached hydrogens (tertiary/aromatic N) is 1. The number of hydrogen-bond donors (Lipinski definition) is 3. The zero-order valence-corrected chi connectivity index (χ0v) is 13.8. The van der Waals surface area contributed by atoms with E-state index < -0.39 is 11.7 Å². The summed E-state index contributed by atoms with van der Waals surface area (Å²) in [4.78, 5) is 2.47. The van der Waals surface area contributed by atoms with Crippen molar-refractivity contribution in [1.82, 2.24) is 10.2 Å². The van der Waals surface area contributed by atoms with E-state index in [2.05, 4.69) is 41.4 Å². The number of nitrogens with one attached hydrogen (secondary N) is 1. The second-order valence-electron chi connectivity index (χ2n) is 7.03. The molecule has 3 N–H and O–H groups in total. The minimum absolute atomic E-state index is 0.233. The molecule has 2 aliphatic heterocycles. The number of rotatable bonds is 6. The maximum Gasteiger partial charge on any atom is 0.117 e. The van der Waals surface area contributed by atoms with Crippen molar-refractivity contribution in [3.8, 4) is 0 Å². The van der Waals surface area contributed by atoms with Crippen LogP contribution in [0.3, 0.4) is 0 Å². The third kappa shape index (κ3) is 4.11. The van der Waals surface area contributed by atoms with Crippen LogP contribution in [0.5, 0.6) is 0 Å². The van der Waals surface area contributed by atoms with Gasteiger partial charge in [0.25, 0.3) is 0 Å². The lowest BCUT2D eigenvalue weighted by Crippen LogP contribution is -2.50. The van der Waals surface area contributed by atoms with Crippen LogP contribution in [0.15, 0.2) is 30.3 Å². The van der Waals surface area contributed by atoms with Crippen LogP contribution in [-0.4, -0.2) is 65.2 Å². The van der Waals surface area contributed by atoms with Crippen molar-refractivity contribution in [2.45, 2.75) is 50.1 Å². The van der Waals surface area contributed by atoms with Gasteiger partial charge in [0.2, 0.25) is 0 Å². The van der Waals surface area contributed by atoms with Crippen molar-refractivity contribution < 1.29 is 14.9 Å². The van der Waals surface area contributed by atoms with E-state index >= 15 is 0 Å². The van der Waals surface area contributed by atoms with Crippen LogP contribution in [0.4, 0.5) is 0 Å². The van der Waals surface area contributed by atoms with Gasteiger partial charge in [0.15, 0.2) is 0 Å². The van der Waals surface area contributed by atoms with Crippen molar-refractivity contribution in [3.63, 3.8) is 0 Å². The zero-order valence-electron chi connectivity index (χ0n) is 13.8. The summed E-state index contributed by atoms with van der Waals surface area (Å²) in [7, 11) is 0. The molecule has 0 aromatic heterocycles. The first kappa shape index (κ1) is 16.9. The van der Waals surface area contributed by atoms with Crippen molar-refractivity contribution in [1.29, 1.82) is 0 Å². The number of aliphatic hydroxyl groups excluding tert-OH is 1. The highest BCUT2D eigenvalue weighted by atomic mass is 16.5. The summed E-state index contributed by atoms with van der Waals surface area (Å²) in [6, 6.07) is 11.4. The standard InChI is InChI=1S/C18H28N2O3/c1-14-9-16(12-20(14)11-15-5-3-2-4-6-15)19-10-17(21)18(22)7-8-23-13-18/h2-6,14,16-17,19,21-22H,7-13H2,1H3. The summed E-state index contributed by atoms with van der Waals surface area (Å²) in [5.41, 5.74) is 0.249. The number of ether oxygens (including phenoxy) is 1. The second-order valence-corrected chi connectivity index (χ2v) is 7.03. The molecule has 4 unspecified atom stereocenters. The van der Waals surface area contributed by atoms with E-state index in [1.54, 1.807) is 0 Å². The third-order valence-electron chi connectivity index (χ3n) is 5.18. The van der Waals surface area contributed by atoms with Crippen molar-refractivity contribution in [2.75, 3.05) is 26.3 Å². The molecule has 4 atom stereocenters. The Hall–Kier alpha value is -0.980. The van der Waals surface area contributed by atoms with E-state index in [1.807, 2.05) is 6.07 Å². The molecule has 5 nitrogen and oxygen atoms in total. The first-order valence-electron chi connectivity index (χ1n) is 8.56. The summed E-state index contributed by atoms with van der Waals surface area (Å²) in [5.74, 6) is 0. The molecule has 3 rings (SSSR count). The Morgan fingerprint density at radius 2 is 2.17 bits per heavy atom. The maximum atomic E-state index is 10.3. The first-order chi connectivity index (χ1) is 11.1. The van der Waals surface area contributed by atoms with E-state index in [-0.39, 0.29) is 6.61 Å². The lowest BCUT2D eigenvalue weighted by Gasteiger charge is -2.28. The van der Waals surface area contributed by atoms with Gasteiger partial charge in [-0.25, -0.2) is 0 Å². The molecule has 0 amide bonds. The summed E-state index contributed by atoms with van der Waals surface area (Å²) < 4.78 is 5.21. The number of hydrogen-bond acceptors (Lipinski definition) is 5. The molecular weight excluding hydrogens is 292 g/mol. The minimum Gasteiger partial charge on any atom is -0.389 e. The van der Waals surface area contributed by atoms with Gasteiger partial charge in [0, 0.05) is 44.7 Å². The van der Waals surface area contributed by atoms with Gasteiger partial charge in [-0.1, -0.05) is 30.3 Å². The highest BCUT2D eigenvalue weighted by Crippen LogP contribution is 2.23. The highest BCUT2D eigenvalue weighted by molar-refractivity contribution is 5.15. The zero-order chi connectivity index (χ0) is 16.3.